The van der Waals surface area contributed by atoms with Gasteiger partial charge in [0.25, 0.3) is 0 Å². The Hall–Kier alpha value is -2.95. The highest BCUT2D eigenvalue weighted by molar-refractivity contribution is 6.07. The SMILES string of the molecule is COc1ncc2c(=O)c3c(ccc4ccccc43)oc2n1. The number of hydrogen-bond acceptors (Lipinski definition) is 5. The number of methoxy groups -OCH3 is 1. The van der Waals surface area contributed by atoms with Gasteiger partial charge >= 0.3 is 6.01 Å². The van der Waals surface area contributed by atoms with Crippen LogP contribution in [0.15, 0.2) is 51.8 Å². The average molecular weight is 278 g/mol. The summed E-state index contributed by atoms with van der Waals surface area (Å²) in [6.07, 6.45) is 1.44. The Labute approximate surface area is 118 Å². The highest BCUT2D eigenvalue weighted by Crippen LogP contribution is 2.25. The molecule has 5 nitrogen and oxygen atoms in total. The van der Waals surface area contributed by atoms with E-state index in [0.29, 0.717) is 16.4 Å². The molecule has 0 N–H and O–H groups in total. The summed E-state index contributed by atoms with van der Waals surface area (Å²) in [5, 5.41) is 2.75. The van der Waals surface area contributed by atoms with Crippen LogP contribution < -0.4 is 10.2 Å². The molecule has 5 heteroatoms. The van der Waals surface area contributed by atoms with Crippen LogP contribution in [-0.2, 0) is 0 Å². The Bertz CT molecular complexity index is 1050. The molecule has 4 aromatic rings. The fourth-order valence-electron chi connectivity index (χ4n) is 2.49. The Morgan fingerprint density at radius 3 is 2.81 bits per heavy atom. The number of rotatable bonds is 1. The molecule has 0 saturated carbocycles. The number of ether oxygens (including phenoxy) is 1. The third-order valence-electron chi connectivity index (χ3n) is 3.48. The molecule has 0 aliphatic rings. The van der Waals surface area contributed by atoms with Crippen molar-refractivity contribution in [2.45, 2.75) is 0 Å². The minimum Gasteiger partial charge on any atom is -0.467 e. The predicted octanol–water partition coefficient (Wildman–Crippen LogP) is 2.90. The third kappa shape index (κ3) is 1.67. The average Bonchev–Trinajstić information content (AvgIpc) is 2.54. The molecule has 2 heterocycles. The van der Waals surface area contributed by atoms with Gasteiger partial charge in [0.05, 0.1) is 12.5 Å². The summed E-state index contributed by atoms with van der Waals surface area (Å²) in [6.45, 7) is 0. The van der Waals surface area contributed by atoms with Crippen LogP contribution in [0, 0.1) is 0 Å². The normalized spacial score (nSPS) is 11.3. The first-order valence-electron chi connectivity index (χ1n) is 6.43. The quantitative estimate of drug-likeness (QED) is 0.395. The van der Waals surface area contributed by atoms with Gasteiger partial charge in [-0.2, -0.15) is 4.98 Å². The molecule has 0 amide bonds. The zero-order chi connectivity index (χ0) is 14.4. The van der Waals surface area contributed by atoms with E-state index in [0.717, 1.165) is 10.8 Å². The van der Waals surface area contributed by atoms with Crippen molar-refractivity contribution in [2.24, 2.45) is 0 Å². The van der Waals surface area contributed by atoms with Crippen molar-refractivity contribution in [1.29, 1.82) is 0 Å². The van der Waals surface area contributed by atoms with Crippen LogP contribution in [0.25, 0.3) is 32.8 Å². The fourth-order valence-corrected chi connectivity index (χ4v) is 2.49. The van der Waals surface area contributed by atoms with Gasteiger partial charge in [0.2, 0.25) is 11.1 Å². The van der Waals surface area contributed by atoms with Gasteiger partial charge < -0.3 is 9.15 Å². The smallest absolute Gasteiger partial charge is 0.319 e. The lowest BCUT2D eigenvalue weighted by molar-refractivity contribution is 0.379. The van der Waals surface area contributed by atoms with Gasteiger partial charge in [0, 0.05) is 6.20 Å². The molecule has 0 aliphatic carbocycles. The largest absolute Gasteiger partial charge is 0.467 e. The Kier molecular flexibility index (Phi) is 2.41. The molecular formula is C16H10N2O3. The van der Waals surface area contributed by atoms with E-state index >= 15 is 0 Å². The van der Waals surface area contributed by atoms with Crippen molar-refractivity contribution in [1.82, 2.24) is 9.97 Å². The predicted molar refractivity (Wildman–Crippen MR) is 79.6 cm³/mol. The summed E-state index contributed by atoms with van der Waals surface area (Å²) in [6, 6.07) is 11.6. The van der Waals surface area contributed by atoms with E-state index in [9.17, 15) is 4.79 Å². The topological polar surface area (TPSA) is 65.2 Å². The molecule has 21 heavy (non-hydrogen) atoms. The first-order valence-corrected chi connectivity index (χ1v) is 6.43. The van der Waals surface area contributed by atoms with E-state index in [2.05, 4.69) is 9.97 Å². The monoisotopic (exact) mass is 278 g/mol. The number of benzene rings is 2. The first-order chi connectivity index (χ1) is 10.3. The fraction of sp³-hybridized carbons (Fsp3) is 0.0625. The van der Waals surface area contributed by atoms with E-state index < -0.39 is 0 Å². The Balaban J connectivity index is 2.25. The lowest BCUT2D eigenvalue weighted by Gasteiger charge is -2.04. The Morgan fingerprint density at radius 2 is 1.95 bits per heavy atom. The van der Waals surface area contributed by atoms with Gasteiger partial charge in [-0.1, -0.05) is 30.3 Å². The molecule has 0 spiro atoms. The van der Waals surface area contributed by atoms with E-state index in [4.69, 9.17) is 9.15 Å². The molecule has 0 atom stereocenters. The number of hydrogen-bond donors (Lipinski definition) is 0. The lowest BCUT2D eigenvalue weighted by atomic mass is 10.1. The molecule has 4 rings (SSSR count). The number of aromatic nitrogens is 2. The van der Waals surface area contributed by atoms with Gasteiger partial charge in [0.15, 0.2) is 0 Å². The summed E-state index contributed by atoms with van der Waals surface area (Å²) in [4.78, 5) is 20.8. The van der Waals surface area contributed by atoms with Crippen LogP contribution in [0.3, 0.4) is 0 Å². The summed E-state index contributed by atoms with van der Waals surface area (Å²) >= 11 is 0. The molecule has 0 unspecified atom stereocenters. The van der Waals surface area contributed by atoms with Gasteiger partial charge in [-0.15, -0.1) is 0 Å². The molecular weight excluding hydrogens is 268 g/mol. The number of fused-ring (bicyclic) bond motifs is 4. The molecule has 0 fully saturated rings. The zero-order valence-electron chi connectivity index (χ0n) is 11.2. The van der Waals surface area contributed by atoms with Crippen molar-refractivity contribution < 1.29 is 9.15 Å². The maximum atomic E-state index is 12.7. The van der Waals surface area contributed by atoms with E-state index in [1.807, 2.05) is 30.3 Å². The summed E-state index contributed by atoms with van der Waals surface area (Å²) in [7, 11) is 1.47. The third-order valence-corrected chi connectivity index (χ3v) is 3.48. The molecule has 2 aromatic heterocycles. The zero-order valence-corrected chi connectivity index (χ0v) is 11.2. The van der Waals surface area contributed by atoms with Gasteiger partial charge in [-0.05, 0) is 16.8 Å². The summed E-state index contributed by atoms with van der Waals surface area (Å²) in [5.74, 6) is 0. The Morgan fingerprint density at radius 1 is 1.10 bits per heavy atom. The highest BCUT2D eigenvalue weighted by atomic mass is 16.5. The molecule has 0 radical (unpaired) electrons. The van der Waals surface area contributed by atoms with Crippen molar-refractivity contribution in [3.63, 3.8) is 0 Å². The summed E-state index contributed by atoms with van der Waals surface area (Å²) < 4.78 is 10.7. The van der Waals surface area contributed by atoms with Crippen molar-refractivity contribution in [2.75, 3.05) is 7.11 Å². The van der Waals surface area contributed by atoms with Gasteiger partial charge in [-0.3, -0.25) is 4.79 Å². The van der Waals surface area contributed by atoms with Crippen LogP contribution in [0.1, 0.15) is 0 Å². The molecule has 2 aromatic carbocycles. The van der Waals surface area contributed by atoms with E-state index in [1.54, 1.807) is 6.07 Å². The summed E-state index contributed by atoms with van der Waals surface area (Å²) in [5.41, 5.74) is 0.604. The highest BCUT2D eigenvalue weighted by Gasteiger charge is 2.12. The molecule has 102 valence electrons. The standard InChI is InChI=1S/C16H10N2O3/c1-20-16-17-8-11-14(19)13-10-5-3-2-4-9(10)6-7-12(13)21-15(11)18-16/h2-8H,1H3. The van der Waals surface area contributed by atoms with Gasteiger partial charge in [0.1, 0.15) is 11.0 Å². The molecule has 0 saturated heterocycles. The van der Waals surface area contributed by atoms with Gasteiger partial charge in [-0.25, -0.2) is 4.98 Å². The minimum atomic E-state index is -0.134. The maximum absolute atomic E-state index is 12.7. The second-order valence-electron chi connectivity index (χ2n) is 4.67. The second-order valence-corrected chi connectivity index (χ2v) is 4.67. The first kappa shape index (κ1) is 11.8. The molecule has 0 bridgehead atoms. The number of nitrogens with zero attached hydrogens (tertiary/aromatic N) is 2. The van der Waals surface area contributed by atoms with Crippen molar-refractivity contribution in [3.05, 3.63) is 52.8 Å². The van der Waals surface area contributed by atoms with Crippen molar-refractivity contribution >= 4 is 32.8 Å². The second kappa shape index (κ2) is 4.28. The maximum Gasteiger partial charge on any atom is 0.319 e. The van der Waals surface area contributed by atoms with E-state index in [1.165, 1.54) is 13.3 Å². The van der Waals surface area contributed by atoms with E-state index in [-0.39, 0.29) is 17.2 Å². The van der Waals surface area contributed by atoms with Crippen LogP contribution in [0.2, 0.25) is 0 Å². The van der Waals surface area contributed by atoms with Crippen LogP contribution in [0.4, 0.5) is 0 Å². The van der Waals surface area contributed by atoms with Crippen LogP contribution in [0.5, 0.6) is 6.01 Å². The van der Waals surface area contributed by atoms with Crippen LogP contribution in [-0.4, -0.2) is 17.1 Å². The van der Waals surface area contributed by atoms with Crippen LogP contribution >= 0.6 is 0 Å². The lowest BCUT2D eigenvalue weighted by Crippen LogP contribution is -2.05. The molecule has 0 aliphatic heterocycles. The van der Waals surface area contributed by atoms with Crippen molar-refractivity contribution in [3.8, 4) is 6.01 Å². The minimum absolute atomic E-state index is 0.134.